The van der Waals surface area contributed by atoms with Crippen molar-refractivity contribution < 1.29 is 4.39 Å². The summed E-state index contributed by atoms with van der Waals surface area (Å²) in [6.45, 7) is 1.15. The second-order valence-electron chi connectivity index (χ2n) is 5.52. The van der Waals surface area contributed by atoms with Crippen molar-refractivity contribution in [1.29, 1.82) is 0 Å². The van der Waals surface area contributed by atoms with Crippen LogP contribution in [0.25, 0.3) is 0 Å². The summed E-state index contributed by atoms with van der Waals surface area (Å²) in [5.74, 6) is 3.91. The largest absolute Gasteiger partial charge is 0.314 e. The van der Waals surface area contributed by atoms with Gasteiger partial charge in [-0.1, -0.05) is 18.2 Å². The van der Waals surface area contributed by atoms with E-state index in [0.717, 1.165) is 30.9 Å². The van der Waals surface area contributed by atoms with Crippen LogP contribution in [-0.2, 0) is 0 Å². The van der Waals surface area contributed by atoms with Crippen LogP contribution in [0, 0.1) is 11.7 Å². The monoisotopic (exact) mass is 265 g/mol. The molecule has 0 aromatic heterocycles. The molecule has 18 heavy (non-hydrogen) atoms. The van der Waals surface area contributed by atoms with Crippen LogP contribution in [0.5, 0.6) is 0 Å². The first kappa shape index (κ1) is 12.5. The lowest BCUT2D eigenvalue weighted by molar-refractivity contribution is 0.275. The third-order valence-electron chi connectivity index (χ3n) is 4.20. The summed E-state index contributed by atoms with van der Waals surface area (Å²) in [6, 6.07) is 7.83. The van der Waals surface area contributed by atoms with E-state index in [-0.39, 0.29) is 5.82 Å². The highest BCUT2D eigenvalue weighted by Crippen LogP contribution is 2.38. The van der Waals surface area contributed by atoms with Crippen LogP contribution in [0.4, 0.5) is 4.39 Å². The first-order valence-corrected chi connectivity index (χ1v) is 8.04. The molecule has 1 aromatic rings. The van der Waals surface area contributed by atoms with Crippen molar-refractivity contribution >= 4 is 11.8 Å². The SMILES string of the molecule is Fc1ccccc1C1CC(NCC2CCSC2)C1. The Bertz CT molecular complexity index is 397. The van der Waals surface area contributed by atoms with Gasteiger partial charge in [-0.2, -0.15) is 11.8 Å². The highest BCUT2D eigenvalue weighted by Gasteiger charge is 2.32. The summed E-state index contributed by atoms with van der Waals surface area (Å²) in [7, 11) is 0. The zero-order chi connectivity index (χ0) is 12.4. The smallest absolute Gasteiger partial charge is 0.126 e. The van der Waals surface area contributed by atoms with Crippen molar-refractivity contribution in [3.8, 4) is 0 Å². The fraction of sp³-hybridized carbons (Fsp3) is 0.600. The van der Waals surface area contributed by atoms with Gasteiger partial charge in [-0.05, 0) is 60.8 Å². The van der Waals surface area contributed by atoms with Gasteiger partial charge in [0.05, 0.1) is 0 Å². The van der Waals surface area contributed by atoms with E-state index in [1.165, 1.54) is 17.9 Å². The Morgan fingerprint density at radius 3 is 2.83 bits per heavy atom. The van der Waals surface area contributed by atoms with Crippen LogP contribution in [0.15, 0.2) is 24.3 Å². The van der Waals surface area contributed by atoms with E-state index in [2.05, 4.69) is 17.1 Å². The standard InChI is InChI=1S/C15H20FNS/c16-15-4-2-1-3-14(15)12-7-13(8-12)17-9-11-5-6-18-10-11/h1-4,11-13,17H,5-10H2. The highest BCUT2D eigenvalue weighted by molar-refractivity contribution is 7.99. The molecule has 1 unspecified atom stereocenters. The van der Waals surface area contributed by atoms with Gasteiger partial charge in [-0.3, -0.25) is 0 Å². The molecule has 2 aliphatic rings. The van der Waals surface area contributed by atoms with Gasteiger partial charge in [0.25, 0.3) is 0 Å². The average molecular weight is 265 g/mol. The van der Waals surface area contributed by atoms with Gasteiger partial charge in [-0.15, -0.1) is 0 Å². The molecule has 1 aliphatic carbocycles. The van der Waals surface area contributed by atoms with Gasteiger partial charge in [0.1, 0.15) is 5.82 Å². The summed E-state index contributed by atoms with van der Waals surface area (Å²) < 4.78 is 13.6. The topological polar surface area (TPSA) is 12.0 Å². The molecule has 1 saturated carbocycles. The zero-order valence-electron chi connectivity index (χ0n) is 10.6. The molecule has 1 aliphatic heterocycles. The van der Waals surface area contributed by atoms with Crippen molar-refractivity contribution in [1.82, 2.24) is 5.32 Å². The molecule has 1 saturated heterocycles. The molecule has 2 fully saturated rings. The molecule has 1 aromatic carbocycles. The maximum Gasteiger partial charge on any atom is 0.126 e. The minimum absolute atomic E-state index is 0.0341. The number of benzene rings is 1. The quantitative estimate of drug-likeness (QED) is 0.895. The van der Waals surface area contributed by atoms with Crippen molar-refractivity contribution in [2.24, 2.45) is 5.92 Å². The Hall–Kier alpha value is -0.540. The number of nitrogens with one attached hydrogen (secondary N) is 1. The molecular weight excluding hydrogens is 245 g/mol. The molecule has 1 heterocycles. The molecule has 0 amide bonds. The highest BCUT2D eigenvalue weighted by atomic mass is 32.2. The van der Waals surface area contributed by atoms with Crippen molar-refractivity contribution in [2.45, 2.75) is 31.2 Å². The van der Waals surface area contributed by atoms with E-state index in [4.69, 9.17) is 0 Å². The van der Waals surface area contributed by atoms with E-state index in [1.807, 2.05) is 12.1 Å². The molecule has 3 rings (SSSR count). The predicted molar refractivity (Wildman–Crippen MR) is 75.6 cm³/mol. The predicted octanol–water partition coefficient (Wildman–Crippen LogP) is 3.41. The van der Waals surface area contributed by atoms with Crippen LogP contribution < -0.4 is 5.32 Å². The van der Waals surface area contributed by atoms with E-state index in [1.54, 1.807) is 12.1 Å². The summed E-state index contributed by atoms with van der Waals surface area (Å²) in [6.07, 6.45) is 3.56. The third kappa shape index (κ3) is 2.72. The van der Waals surface area contributed by atoms with Crippen LogP contribution in [0.1, 0.15) is 30.7 Å². The zero-order valence-corrected chi connectivity index (χ0v) is 11.4. The minimum atomic E-state index is -0.0341. The molecule has 0 spiro atoms. The van der Waals surface area contributed by atoms with Crippen LogP contribution >= 0.6 is 11.8 Å². The lowest BCUT2D eigenvalue weighted by Crippen LogP contribution is -2.42. The normalized spacial score (nSPS) is 31.3. The first-order valence-electron chi connectivity index (χ1n) is 6.88. The third-order valence-corrected chi connectivity index (χ3v) is 5.43. The van der Waals surface area contributed by atoms with E-state index in [0.29, 0.717) is 12.0 Å². The summed E-state index contributed by atoms with van der Waals surface area (Å²) in [5.41, 5.74) is 0.909. The Kier molecular flexibility index (Phi) is 3.90. The lowest BCUT2D eigenvalue weighted by Gasteiger charge is -2.37. The number of thioether (sulfide) groups is 1. The van der Waals surface area contributed by atoms with E-state index in [9.17, 15) is 4.39 Å². The molecule has 1 nitrogen and oxygen atoms in total. The number of halogens is 1. The summed E-state index contributed by atoms with van der Waals surface area (Å²) in [4.78, 5) is 0. The van der Waals surface area contributed by atoms with Crippen molar-refractivity contribution in [2.75, 3.05) is 18.1 Å². The van der Waals surface area contributed by atoms with Crippen molar-refractivity contribution in [3.63, 3.8) is 0 Å². The molecule has 1 atom stereocenters. The molecule has 1 N–H and O–H groups in total. The molecule has 0 bridgehead atoms. The van der Waals surface area contributed by atoms with Gasteiger partial charge in [-0.25, -0.2) is 4.39 Å². The molecule has 98 valence electrons. The average Bonchev–Trinajstić information content (AvgIpc) is 2.82. The van der Waals surface area contributed by atoms with Crippen LogP contribution in [-0.4, -0.2) is 24.1 Å². The first-order chi connectivity index (χ1) is 8.83. The van der Waals surface area contributed by atoms with Gasteiger partial charge in [0.15, 0.2) is 0 Å². The van der Waals surface area contributed by atoms with Crippen LogP contribution in [0.2, 0.25) is 0 Å². The number of hydrogen-bond donors (Lipinski definition) is 1. The second-order valence-corrected chi connectivity index (χ2v) is 6.67. The number of rotatable bonds is 4. The maximum absolute atomic E-state index is 13.6. The van der Waals surface area contributed by atoms with E-state index >= 15 is 0 Å². The fourth-order valence-corrected chi connectivity index (χ4v) is 4.21. The second kappa shape index (κ2) is 5.62. The Morgan fingerprint density at radius 2 is 2.11 bits per heavy atom. The minimum Gasteiger partial charge on any atom is -0.314 e. The molecular formula is C15H20FNS. The van der Waals surface area contributed by atoms with Crippen LogP contribution in [0.3, 0.4) is 0 Å². The van der Waals surface area contributed by atoms with Gasteiger partial charge >= 0.3 is 0 Å². The van der Waals surface area contributed by atoms with Gasteiger partial charge < -0.3 is 5.32 Å². The van der Waals surface area contributed by atoms with Crippen molar-refractivity contribution in [3.05, 3.63) is 35.6 Å². The van der Waals surface area contributed by atoms with Gasteiger partial charge in [0.2, 0.25) is 0 Å². The lowest BCUT2D eigenvalue weighted by atomic mass is 9.75. The van der Waals surface area contributed by atoms with Gasteiger partial charge in [0, 0.05) is 6.04 Å². The maximum atomic E-state index is 13.6. The Labute approximate surface area is 113 Å². The fourth-order valence-electron chi connectivity index (χ4n) is 2.92. The Balaban J connectivity index is 1.44. The molecule has 0 radical (unpaired) electrons. The van der Waals surface area contributed by atoms with E-state index < -0.39 is 0 Å². The molecule has 3 heteroatoms. The summed E-state index contributed by atoms with van der Waals surface area (Å²) >= 11 is 2.07. The number of hydrogen-bond acceptors (Lipinski definition) is 2. The Morgan fingerprint density at radius 1 is 1.28 bits per heavy atom. The summed E-state index contributed by atoms with van der Waals surface area (Å²) in [5, 5.41) is 3.64.